The number of aliphatic hydroxyl groups is 1. The molecule has 1 aromatic carbocycles. The number of rotatable bonds is 9. The van der Waals surface area contributed by atoms with Crippen LogP contribution in [-0.4, -0.2) is 61.3 Å². The Morgan fingerprint density at radius 3 is 2.53 bits per heavy atom. The standard InChI is InChI=1S/C20H23N3O8S/c1-9(24)16-13-6-12(18(20(27)28)22(13)19(16)26)17(21)14(32)7-15(25)31-8-10-2-4-11(5-3-10)23(29)30/h2-5,9,13-14,16-17,24,32H,6-8,21H2,1H3,(H,27,28)/t9-,13-,14+,16-,17+/m1/s1. The maximum atomic E-state index is 12.3. The second-order valence-electron chi connectivity index (χ2n) is 7.81. The maximum absolute atomic E-state index is 12.3. The number of hydrogen-bond donors (Lipinski definition) is 4. The molecule has 1 amide bonds. The molecule has 0 spiro atoms. The Bertz CT molecular complexity index is 978. The van der Waals surface area contributed by atoms with Crippen LogP contribution < -0.4 is 5.73 Å². The van der Waals surface area contributed by atoms with Gasteiger partial charge in [-0.15, -0.1) is 0 Å². The summed E-state index contributed by atoms with van der Waals surface area (Å²) in [5.74, 6) is -3.10. The van der Waals surface area contributed by atoms with Crippen molar-refractivity contribution in [2.45, 2.75) is 49.8 Å². The molecule has 1 fully saturated rings. The van der Waals surface area contributed by atoms with E-state index < -0.39 is 52.1 Å². The molecule has 0 radical (unpaired) electrons. The molecule has 0 aromatic heterocycles. The number of nitro groups is 1. The molecule has 3 rings (SSSR count). The highest BCUT2D eigenvalue weighted by Gasteiger charge is 2.57. The number of nitrogens with zero attached hydrogens (tertiary/aromatic N) is 2. The minimum absolute atomic E-state index is 0.0819. The number of nitro benzene ring substituents is 1. The van der Waals surface area contributed by atoms with E-state index in [1.54, 1.807) is 0 Å². The van der Waals surface area contributed by atoms with Crippen molar-refractivity contribution in [3.8, 4) is 0 Å². The Labute approximate surface area is 188 Å². The van der Waals surface area contributed by atoms with E-state index in [9.17, 15) is 34.7 Å². The zero-order chi connectivity index (χ0) is 23.7. The first-order valence-electron chi connectivity index (χ1n) is 9.83. The number of aliphatic carboxylic acids is 1. The van der Waals surface area contributed by atoms with Crippen LogP contribution in [0, 0.1) is 16.0 Å². The lowest BCUT2D eigenvalue weighted by atomic mass is 9.82. The van der Waals surface area contributed by atoms with Gasteiger partial charge in [-0.3, -0.25) is 19.7 Å². The van der Waals surface area contributed by atoms with Crippen molar-refractivity contribution in [3.63, 3.8) is 0 Å². The van der Waals surface area contributed by atoms with E-state index >= 15 is 0 Å². The lowest BCUT2D eigenvalue weighted by Gasteiger charge is -2.44. The number of carboxylic acid groups (broad SMARTS) is 1. The summed E-state index contributed by atoms with van der Waals surface area (Å²) < 4.78 is 5.16. The van der Waals surface area contributed by atoms with Gasteiger partial charge in [0, 0.05) is 23.4 Å². The lowest BCUT2D eigenvalue weighted by Crippen LogP contribution is -2.61. The quantitative estimate of drug-likeness (QED) is 0.134. The monoisotopic (exact) mass is 465 g/mol. The van der Waals surface area contributed by atoms with E-state index in [2.05, 4.69) is 12.6 Å². The van der Waals surface area contributed by atoms with Crippen LogP contribution in [0.4, 0.5) is 5.69 Å². The Hall–Kier alpha value is -2.96. The van der Waals surface area contributed by atoms with Crippen LogP contribution in [0.5, 0.6) is 0 Å². The van der Waals surface area contributed by atoms with Crippen LogP contribution in [0.15, 0.2) is 35.5 Å². The first-order chi connectivity index (χ1) is 15.0. The SMILES string of the molecule is C[C@@H](O)[C@H]1C(=O)N2C(C(=O)O)=C([C@H](N)[C@@H](S)CC(=O)OCc3ccc([N+](=O)[O-])cc3)C[C@H]12. The topological polar surface area (TPSA) is 173 Å². The number of thiol groups is 1. The van der Waals surface area contributed by atoms with Crippen molar-refractivity contribution in [2.24, 2.45) is 11.7 Å². The molecule has 0 unspecified atom stereocenters. The highest BCUT2D eigenvalue weighted by molar-refractivity contribution is 7.81. The summed E-state index contributed by atoms with van der Waals surface area (Å²) in [5.41, 5.74) is 6.75. The van der Waals surface area contributed by atoms with Gasteiger partial charge in [0.05, 0.1) is 29.4 Å². The van der Waals surface area contributed by atoms with Gasteiger partial charge in [0.2, 0.25) is 5.91 Å². The van der Waals surface area contributed by atoms with Crippen molar-refractivity contribution < 1.29 is 34.3 Å². The fourth-order valence-corrected chi connectivity index (χ4v) is 4.40. The van der Waals surface area contributed by atoms with Crippen LogP contribution >= 0.6 is 12.6 Å². The molecule has 12 heteroatoms. The Morgan fingerprint density at radius 1 is 1.38 bits per heavy atom. The smallest absolute Gasteiger partial charge is 0.352 e. The van der Waals surface area contributed by atoms with Crippen molar-refractivity contribution in [1.82, 2.24) is 4.90 Å². The molecule has 0 bridgehead atoms. The molecule has 2 aliphatic rings. The second kappa shape index (κ2) is 9.27. The predicted octanol–water partition coefficient (Wildman–Crippen LogP) is 0.604. The van der Waals surface area contributed by atoms with Gasteiger partial charge in [-0.05, 0) is 36.6 Å². The number of hydrogen-bond acceptors (Lipinski definition) is 9. The maximum Gasteiger partial charge on any atom is 0.352 e. The molecule has 2 aliphatic heterocycles. The van der Waals surface area contributed by atoms with Crippen LogP contribution in [-0.2, 0) is 25.7 Å². The zero-order valence-corrected chi connectivity index (χ0v) is 18.0. The molecule has 1 saturated heterocycles. The number of benzene rings is 1. The predicted molar refractivity (Wildman–Crippen MR) is 113 cm³/mol. The summed E-state index contributed by atoms with van der Waals surface area (Å²) in [6.45, 7) is 1.37. The third kappa shape index (κ3) is 4.47. The number of carbonyl (C=O) groups excluding carboxylic acids is 2. The van der Waals surface area contributed by atoms with E-state index in [1.165, 1.54) is 31.2 Å². The highest BCUT2D eigenvalue weighted by Crippen LogP contribution is 2.45. The summed E-state index contributed by atoms with van der Waals surface area (Å²) in [7, 11) is 0. The summed E-state index contributed by atoms with van der Waals surface area (Å²) >= 11 is 4.35. The molecule has 4 N–H and O–H groups in total. The molecule has 32 heavy (non-hydrogen) atoms. The summed E-state index contributed by atoms with van der Waals surface area (Å²) in [4.78, 5) is 47.5. The number of β-lactam (4-membered cyclic amide) rings is 1. The minimum atomic E-state index is -1.31. The number of carbonyl (C=O) groups is 3. The molecule has 0 saturated carbocycles. The number of aliphatic hydroxyl groups excluding tert-OH is 1. The Morgan fingerprint density at radius 2 is 2.00 bits per heavy atom. The van der Waals surface area contributed by atoms with Crippen molar-refractivity contribution >= 4 is 36.2 Å². The highest BCUT2D eigenvalue weighted by atomic mass is 32.1. The lowest BCUT2D eigenvalue weighted by molar-refractivity contribution is -0.384. The molecule has 0 aliphatic carbocycles. The molecule has 5 atom stereocenters. The summed E-state index contributed by atoms with van der Waals surface area (Å²) in [6.07, 6.45) is -0.957. The van der Waals surface area contributed by atoms with Crippen molar-refractivity contribution in [2.75, 3.05) is 0 Å². The van der Waals surface area contributed by atoms with E-state index in [4.69, 9.17) is 10.5 Å². The largest absolute Gasteiger partial charge is 0.477 e. The van der Waals surface area contributed by atoms with Gasteiger partial charge in [0.1, 0.15) is 12.3 Å². The van der Waals surface area contributed by atoms with E-state index in [-0.39, 0.29) is 30.8 Å². The van der Waals surface area contributed by atoms with Crippen molar-refractivity contribution in [1.29, 1.82) is 0 Å². The van der Waals surface area contributed by atoms with Crippen LogP contribution in [0.1, 0.15) is 25.3 Å². The average Bonchev–Trinajstić information content (AvgIpc) is 3.06. The molecular formula is C20H23N3O8S. The van der Waals surface area contributed by atoms with E-state index in [1.807, 2.05) is 0 Å². The molecule has 1 aromatic rings. The number of non-ortho nitro benzene ring substituents is 1. The number of carboxylic acids is 1. The third-order valence-electron chi connectivity index (χ3n) is 5.70. The van der Waals surface area contributed by atoms with Gasteiger partial charge < -0.3 is 25.6 Å². The molecule has 2 heterocycles. The van der Waals surface area contributed by atoms with E-state index in [0.717, 1.165) is 4.90 Å². The number of esters is 1. The number of nitrogens with two attached hydrogens (primary N) is 1. The number of fused-ring (bicyclic) bond motifs is 1. The molecule has 11 nitrogen and oxygen atoms in total. The van der Waals surface area contributed by atoms with Crippen LogP contribution in [0.2, 0.25) is 0 Å². The zero-order valence-electron chi connectivity index (χ0n) is 17.1. The molecular weight excluding hydrogens is 442 g/mol. The first kappa shape index (κ1) is 23.7. The van der Waals surface area contributed by atoms with Gasteiger partial charge in [0.25, 0.3) is 5.69 Å². The van der Waals surface area contributed by atoms with Crippen LogP contribution in [0.3, 0.4) is 0 Å². The van der Waals surface area contributed by atoms with Gasteiger partial charge in [-0.25, -0.2) is 4.79 Å². The Kier molecular flexibility index (Phi) is 6.86. The Balaban J connectivity index is 1.61. The fourth-order valence-electron chi connectivity index (χ4n) is 4.07. The number of ether oxygens (including phenoxy) is 1. The minimum Gasteiger partial charge on any atom is -0.477 e. The summed E-state index contributed by atoms with van der Waals surface area (Å²) in [6, 6.07) is 4.13. The second-order valence-corrected chi connectivity index (χ2v) is 8.47. The van der Waals surface area contributed by atoms with Gasteiger partial charge in [-0.1, -0.05) is 0 Å². The summed E-state index contributed by atoms with van der Waals surface area (Å²) in [5, 5.41) is 29.3. The van der Waals surface area contributed by atoms with Gasteiger partial charge in [-0.2, -0.15) is 12.6 Å². The normalized spacial score (nSPS) is 22.6. The average molecular weight is 465 g/mol. The third-order valence-corrected chi connectivity index (χ3v) is 6.21. The molecule has 172 valence electrons. The van der Waals surface area contributed by atoms with E-state index in [0.29, 0.717) is 11.1 Å². The number of amides is 1. The van der Waals surface area contributed by atoms with Gasteiger partial charge in [0.15, 0.2) is 0 Å². The first-order valence-corrected chi connectivity index (χ1v) is 10.3. The van der Waals surface area contributed by atoms with Gasteiger partial charge >= 0.3 is 11.9 Å². The van der Waals surface area contributed by atoms with Crippen molar-refractivity contribution in [3.05, 3.63) is 51.2 Å². The van der Waals surface area contributed by atoms with Crippen LogP contribution in [0.25, 0.3) is 0 Å². The fraction of sp³-hybridized carbons (Fsp3) is 0.450.